The molecule has 0 fully saturated rings. The first kappa shape index (κ1) is 10.7. The summed E-state index contributed by atoms with van der Waals surface area (Å²) in [5.41, 5.74) is 0. The number of hydrogen-bond acceptors (Lipinski definition) is 2. The first-order valence-electron chi connectivity index (χ1n) is 5.45. The Balaban J connectivity index is 2.14. The molecule has 0 heterocycles. The van der Waals surface area contributed by atoms with Gasteiger partial charge in [-0.2, -0.15) is 0 Å². The van der Waals surface area contributed by atoms with Crippen molar-refractivity contribution < 1.29 is 9.53 Å². The molecule has 15 heavy (non-hydrogen) atoms. The Labute approximate surface area is 94.9 Å². The molecule has 0 bridgehead atoms. The summed E-state index contributed by atoms with van der Waals surface area (Å²) in [6.07, 6.45) is 8.94. The highest BCUT2D eigenvalue weighted by Crippen LogP contribution is 2.48. The van der Waals surface area contributed by atoms with E-state index in [2.05, 4.69) is 12.2 Å². The third kappa shape index (κ3) is 2.10. The average molecular weight is 227 g/mol. The van der Waals surface area contributed by atoms with Gasteiger partial charge in [0.25, 0.3) is 0 Å². The van der Waals surface area contributed by atoms with Gasteiger partial charge >= 0.3 is 5.97 Å². The van der Waals surface area contributed by atoms with Crippen molar-refractivity contribution in [2.45, 2.75) is 32.6 Å². The molecule has 2 nitrogen and oxygen atoms in total. The summed E-state index contributed by atoms with van der Waals surface area (Å²) in [7, 11) is 0. The lowest BCUT2D eigenvalue weighted by atomic mass is 9.75. The van der Waals surface area contributed by atoms with Gasteiger partial charge in [-0.15, -0.1) is 0 Å². The number of rotatable bonds is 1. The van der Waals surface area contributed by atoms with Crippen molar-refractivity contribution in [1.29, 1.82) is 0 Å². The number of carbonyl (C=O) groups excluding carboxylic acids is 1. The molecule has 0 saturated heterocycles. The standard InChI is InChI=1S/C12H15ClO2/c1-8(14)15-12-10-7-5-3-2-4-6-9(10)11(12)13/h4,6,9-10H,2-3,5,7H2,1H3/b6-4-. The molecule has 82 valence electrons. The number of halogens is 1. The van der Waals surface area contributed by atoms with Crippen LogP contribution in [-0.2, 0) is 9.53 Å². The zero-order valence-electron chi connectivity index (χ0n) is 8.83. The maximum atomic E-state index is 10.9. The van der Waals surface area contributed by atoms with Gasteiger partial charge < -0.3 is 4.74 Å². The normalized spacial score (nSPS) is 32.1. The van der Waals surface area contributed by atoms with E-state index in [0.29, 0.717) is 22.6 Å². The van der Waals surface area contributed by atoms with Crippen molar-refractivity contribution in [2.75, 3.05) is 0 Å². The predicted octanol–water partition coefficient (Wildman–Crippen LogP) is 3.38. The molecule has 0 aliphatic heterocycles. The fourth-order valence-electron chi connectivity index (χ4n) is 2.26. The first-order valence-corrected chi connectivity index (χ1v) is 5.82. The van der Waals surface area contributed by atoms with Crippen LogP contribution in [0.2, 0.25) is 0 Å². The lowest BCUT2D eigenvalue weighted by molar-refractivity contribution is -0.138. The van der Waals surface area contributed by atoms with Gasteiger partial charge in [0.1, 0.15) is 5.76 Å². The number of ether oxygens (including phenoxy) is 1. The summed E-state index contributed by atoms with van der Waals surface area (Å²) in [6.45, 7) is 1.42. The minimum Gasteiger partial charge on any atom is -0.430 e. The molecular formula is C12H15ClO2. The molecule has 0 spiro atoms. The molecule has 3 heteroatoms. The van der Waals surface area contributed by atoms with Gasteiger partial charge in [-0.3, -0.25) is 4.79 Å². The molecule has 2 aliphatic rings. The van der Waals surface area contributed by atoms with Gasteiger partial charge in [-0.05, 0) is 19.3 Å². The molecule has 0 aromatic heterocycles. The van der Waals surface area contributed by atoms with Crippen molar-refractivity contribution in [1.82, 2.24) is 0 Å². The summed E-state index contributed by atoms with van der Waals surface area (Å²) in [5.74, 6) is 1.06. The van der Waals surface area contributed by atoms with E-state index in [9.17, 15) is 4.79 Å². The molecule has 0 amide bonds. The van der Waals surface area contributed by atoms with Gasteiger partial charge in [-0.1, -0.05) is 30.2 Å². The lowest BCUT2D eigenvalue weighted by Gasteiger charge is -2.37. The number of carbonyl (C=O) groups is 1. The molecule has 0 N–H and O–H groups in total. The van der Waals surface area contributed by atoms with E-state index in [4.69, 9.17) is 16.3 Å². The van der Waals surface area contributed by atoms with Crippen LogP contribution in [0.4, 0.5) is 0 Å². The van der Waals surface area contributed by atoms with Crippen LogP contribution < -0.4 is 0 Å². The Bertz CT molecular complexity index is 331. The highest BCUT2D eigenvalue weighted by atomic mass is 35.5. The molecule has 0 aromatic rings. The minimum absolute atomic E-state index is 0.271. The zero-order chi connectivity index (χ0) is 10.8. The Morgan fingerprint density at radius 1 is 1.53 bits per heavy atom. The van der Waals surface area contributed by atoms with E-state index in [1.165, 1.54) is 19.8 Å². The Hall–Kier alpha value is -0.760. The van der Waals surface area contributed by atoms with Crippen LogP contribution in [0.5, 0.6) is 0 Å². The number of allylic oxidation sites excluding steroid dienone is 4. The molecular weight excluding hydrogens is 212 g/mol. The molecule has 0 saturated carbocycles. The maximum absolute atomic E-state index is 10.9. The van der Waals surface area contributed by atoms with Crippen LogP contribution in [0, 0.1) is 11.8 Å². The highest BCUT2D eigenvalue weighted by molar-refractivity contribution is 6.31. The fraction of sp³-hybridized carbons (Fsp3) is 0.583. The van der Waals surface area contributed by atoms with Gasteiger partial charge in [0.15, 0.2) is 0 Å². The van der Waals surface area contributed by atoms with Crippen LogP contribution in [0.15, 0.2) is 22.9 Å². The van der Waals surface area contributed by atoms with E-state index in [1.807, 2.05) is 0 Å². The summed E-state index contributed by atoms with van der Waals surface area (Å²) in [4.78, 5) is 10.9. The summed E-state index contributed by atoms with van der Waals surface area (Å²) in [6, 6.07) is 0. The molecule has 0 radical (unpaired) electrons. The summed E-state index contributed by atoms with van der Waals surface area (Å²) < 4.78 is 5.14. The first-order chi connectivity index (χ1) is 7.20. The Morgan fingerprint density at radius 2 is 2.33 bits per heavy atom. The average Bonchev–Trinajstić information content (AvgIpc) is 2.15. The second-order valence-electron chi connectivity index (χ2n) is 4.15. The third-order valence-electron chi connectivity index (χ3n) is 3.03. The quantitative estimate of drug-likeness (QED) is 0.506. The Morgan fingerprint density at radius 3 is 3.07 bits per heavy atom. The van der Waals surface area contributed by atoms with Crippen LogP contribution in [-0.4, -0.2) is 5.97 Å². The van der Waals surface area contributed by atoms with Crippen molar-refractivity contribution in [2.24, 2.45) is 11.8 Å². The van der Waals surface area contributed by atoms with Gasteiger partial charge in [0, 0.05) is 18.8 Å². The maximum Gasteiger partial charge on any atom is 0.307 e. The second-order valence-corrected chi connectivity index (χ2v) is 4.56. The topological polar surface area (TPSA) is 26.3 Å². The zero-order valence-corrected chi connectivity index (χ0v) is 9.59. The van der Waals surface area contributed by atoms with Gasteiger partial charge in [0.2, 0.25) is 0 Å². The van der Waals surface area contributed by atoms with E-state index in [0.717, 1.165) is 12.8 Å². The van der Waals surface area contributed by atoms with E-state index >= 15 is 0 Å². The predicted molar refractivity (Wildman–Crippen MR) is 59.2 cm³/mol. The smallest absolute Gasteiger partial charge is 0.307 e. The molecule has 2 atom stereocenters. The SMILES string of the molecule is CC(=O)OC1=C(Cl)C2/C=C\CCCCC12. The van der Waals surface area contributed by atoms with Crippen LogP contribution in [0.3, 0.4) is 0 Å². The molecule has 2 rings (SSSR count). The lowest BCUT2D eigenvalue weighted by Crippen LogP contribution is -2.30. The van der Waals surface area contributed by atoms with E-state index < -0.39 is 0 Å². The fourth-order valence-corrected chi connectivity index (χ4v) is 2.67. The summed E-state index contributed by atoms with van der Waals surface area (Å²) in [5, 5.41) is 0.716. The minimum atomic E-state index is -0.271. The van der Waals surface area contributed by atoms with Crippen molar-refractivity contribution in [3.63, 3.8) is 0 Å². The molecule has 2 unspecified atom stereocenters. The Kier molecular flexibility index (Phi) is 3.15. The van der Waals surface area contributed by atoms with E-state index in [1.54, 1.807) is 0 Å². The molecule has 2 aliphatic carbocycles. The monoisotopic (exact) mass is 226 g/mol. The number of fused-ring (bicyclic) bond motifs is 1. The highest BCUT2D eigenvalue weighted by Gasteiger charge is 2.40. The van der Waals surface area contributed by atoms with Crippen LogP contribution >= 0.6 is 11.6 Å². The van der Waals surface area contributed by atoms with Crippen LogP contribution in [0.25, 0.3) is 0 Å². The van der Waals surface area contributed by atoms with Gasteiger partial charge in [0.05, 0.1) is 5.03 Å². The van der Waals surface area contributed by atoms with Gasteiger partial charge in [-0.25, -0.2) is 0 Å². The van der Waals surface area contributed by atoms with E-state index in [-0.39, 0.29) is 5.97 Å². The van der Waals surface area contributed by atoms with Crippen LogP contribution in [0.1, 0.15) is 32.6 Å². The largest absolute Gasteiger partial charge is 0.430 e. The summed E-state index contributed by atoms with van der Waals surface area (Å²) >= 11 is 6.11. The van der Waals surface area contributed by atoms with Crippen molar-refractivity contribution >= 4 is 17.6 Å². The molecule has 0 aromatic carbocycles. The number of hydrogen-bond donors (Lipinski definition) is 0. The number of esters is 1. The van der Waals surface area contributed by atoms with Crippen molar-refractivity contribution in [3.8, 4) is 0 Å². The van der Waals surface area contributed by atoms with Crippen molar-refractivity contribution in [3.05, 3.63) is 22.9 Å². The second kappa shape index (κ2) is 4.40. The third-order valence-corrected chi connectivity index (χ3v) is 3.47.